The van der Waals surface area contributed by atoms with Gasteiger partial charge in [0.15, 0.2) is 0 Å². The van der Waals surface area contributed by atoms with Gasteiger partial charge in [-0.3, -0.25) is 14.5 Å². The minimum Gasteiger partial charge on any atom is -0.490 e. The highest BCUT2D eigenvalue weighted by Gasteiger charge is 2.34. The summed E-state index contributed by atoms with van der Waals surface area (Å²) in [5.74, 6) is -0.0533. The molecular formula is C22H16ClNO3. The molecule has 2 amide bonds. The maximum atomic E-state index is 12.3. The summed E-state index contributed by atoms with van der Waals surface area (Å²) in [4.78, 5) is 25.9. The highest BCUT2D eigenvalue weighted by Crippen LogP contribution is 2.30. The molecule has 1 aliphatic rings. The molecule has 0 spiro atoms. The molecule has 0 radical (unpaired) electrons. The Labute approximate surface area is 161 Å². The number of ether oxygens (including phenoxy) is 1. The van der Waals surface area contributed by atoms with Gasteiger partial charge in [-0.1, -0.05) is 60.1 Å². The Bertz CT molecular complexity index is 982. The van der Waals surface area contributed by atoms with Crippen molar-refractivity contribution < 1.29 is 14.3 Å². The van der Waals surface area contributed by atoms with E-state index in [2.05, 4.69) is 0 Å². The average Bonchev–Trinajstić information content (AvgIpc) is 2.95. The normalized spacial score (nSPS) is 13.0. The van der Waals surface area contributed by atoms with E-state index in [-0.39, 0.29) is 25.0 Å². The molecule has 0 saturated heterocycles. The van der Waals surface area contributed by atoms with E-state index in [9.17, 15) is 9.59 Å². The number of amides is 2. The van der Waals surface area contributed by atoms with Gasteiger partial charge in [-0.05, 0) is 35.4 Å². The number of carbonyl (C=O) groups is 2. The van der Waals surface area contributed by atoms with Crippen LogP contribution in [0.5, 0.6) is 5.75 Å². The second-order valence-corrected chi connectivity index (χ2v) is 6.57. The molecule has 0 aromatic heterocycles. The number of fused-ring (bicyclic) bond motifs is 1. The van der Waals surface area contributed by atoms with Gasteiger partial charge in [-0.25, -0.2) is 0 Å². The molecule has 0 unspecified atom stereocenters. The minimum absolute atomic E-state index is 0.170. The lowest BCUT2D eigenvalue weighted by molar-refractivity contribution is 0.0631. The summed E-state index contributed by atoms with van der Waals surface area (Å²) in [6.07, 6.45) is 0. The van der Waals surface area contributed by atoms with Crippen LogP contribution < -0.4 is 4.74 Å². The number of halogens is 1. The van der Waals surface area contributed by atoms with E-state index >= 15 is 0 Å². The van der Waals surface area contributed by atoms with Gasteiger partial charge in [-0.2, -0.15) is 0 Å². The fourth-order valence-electron chi connectivity index (χ4n) is 3.12. The van der Waals surface area contributed by atoms with Crippen molar-refractivity contribution in [1.82, 2.24) is 4.90 Å². The van der Waals surface area contributed by atoms with Crippen LogP contribution in [0.15, 0.2) is 72.8 Å². The van der Waals surface area contributed by atoms with E-state index in [1.807, 2.05) is 42.5 Å². The Morgan fingerprint density at radius 2 is 1.41 bits per heavy atom. The van der Waals surface area contributed by atoms with E-state index in [0.717, 1.165) is 11.1 Å². The highest BCUT2D eigenvalue weighted by molar-refractivity contribution is 6.32. The van der Waals surface area contributed by atoms with Crippen molar-refractivity contribution in [1.29, 1.82) is 0 Å². The van der Waals surface area contributed by atoms with Crippen LogP contribution >= 0.6 is 11.6 Å². The lowest BCUT2D eigenvalue weighted by Gasteiger charge is -2.15. The lowest BCUT2D eigenvalue weighted by Crippen LogP contribution is -2.33. The second-order valence-electron chi connectivity index (χ2n) is 6.17. The second kappa shape index (κ2) is 7.25. The smallest absolute Gasteiger partial charge is 0.261 e. The molecule has 134 valence electrons. The molecule has 0 N–H and O–H groups in total. The third-order valence-electron chi connectivity index (χ3n) is 4.49. The highest BCUT2D eigenvalue weighted by atomic mass is 35.5. The molecule has 4 rings (SSSR count). The van der Waals surface area contributed by atoms with E-state index < -0.39 is 0 Å². The zero-order chi connectivity index (χ0) is 18.8. The number of imide groups is 1. The quantitative estimate of drug-likeness (QED) is 0.606. The molecule has 0 bridgehead atoms. The molecule has 4 nitrogen and oxygen atoms in total. The zero-order valence-corrected chi connectivity index (χ0v) is 15.1. The van der Waals surface area contributed by atoms with Crippen LogP contribution in [0.25, 0.3) is 11.1 Å². The van der Waals surface area contributed by atoms with Crippen molar-refractivity contribution in [3.8, 4) is 16.9 Å². The SMILES string of the molecule is O=C1c2ccccc2C(=O)N1CCOc1ccc(-c2ccccc2)cc1Cl. The number of carbonyl (C=O) groups excluding carboxylic acids is 2. The van der Waals surface area contributed by atoms with E-state index in [1.165, 1.54) is 4.90 Å². The van der Waals surface area contributed by atoms with E-state index in [0.29, 0.717) is 21.9 Å². The molecule has 0 aliphatic carbocycles. The van der Waals surface area contributed by atoms with Gasteiger partial charge < -0.3 is 4.74 Å². The Kier molecular flexibility index (Phi) is 4.65. The molecule has 5 heteroatoms. The third-order valence-corrected chi connectivity index (χ3v) is 4.79. The molecular weight excluding hydrogens is 362 g/mol. The van der Waals surface area contributed by atoms with Gasteiger partial charge in [0, 0.05) is 0 Å². The summed E-state index contributed by atoms with van der Waals surface area (Å²) in [7, 11) is 0. The first-order chi connectivity index (χ1) is 13.1. The van der Waals surface area contributed by atoms with E-state index in [4.69, 9.17) is 16.3 Å². The van der Waals surface area contributed by atoms with Crippen LogP contribution in [-0.4, -0.2) is 29.9 Å². The Hall–Kier alpha value is -3.11. The van der Waals surface area contributed by atoms with E-state index in [1.54, 1.807) is 30.3 Å². The summed E-state index contributed by atoms with van der Waals surface area (Å²) in [5, 5.41) is 0.485. The minimum atomic E-state index is -0.287. The Morgan fingerprint density at radius 3 is 2.04 bits per heavy atom. The molecule has 0 fully saturated rings. The number of nitrogens with zero attached hydrogens (tertiary/aromatic N) is 1. The maximum absolute atomic E-state index is 12.3. The molecule has 27 heavy (non-hydrogen) atoms. The molecule has 3 aromatic rings. The maximum Gasteiger partial charge on any atom is 0.261 e. The van der Waals surface area contributed by atoms with Gasteiger partial charge in [0.25, 0.3) is 11.8 Å². The molecule has 0 atom stereocenters. The number of rotatable bonds is 5. The van der Waals surface area contributed by atoms with Crippen LogP contribution in [0.2, 0.25) is 5.02 Å². The summed E-state index contributed by atoms with van der Waals surface area (Å²) in [6.45, 7) is 0.346. The number of hydrogen-bond donors (Lipinski definition) is 0. The summed E-state index contributed by atoms with van der Waals surface area (Å²) >= 11 is 6.33. The van der Waals surface area contributed by atoms with Crippen LogP contribution in [-0.2, 0) is 0 Å². The summed E-state index contributed by atoms with van der Waals surface area (Å²) < 4.78 is 5.71. The van der Waals surface area contributed by atoms with Crippen molar-refractivity contribution in [2.24, 2.45) is 0 Å². The average molecular weight is 378 g/mol. The van der Waals surface area contributed by atoms with Gasteiger partial charge in [-0.15, -0.1) is 0 Å². The van der Waals surface area contributed by atoms with Crippen LogP contribution in [0, 0.1) is 0 Å². The van der Waals surface area contributed by atoms with Crippen molar-refractivity contribution in [2.45, 2.75) is 0 Å². The van der Waals surface area contributed by atoms with Gasteiger partial charge in [0.1, 0.15) is 12.4 Å². The Balaban J connectivity index is 1.42. The predicted octanol–water partition coefficient (Wildman–Crippen LogP) is 4.68. The van der Waals surface area contributed by atoms with Crippen LogP contribution in [0.3, 0.4) is 0 Å². The van der Waals surface area contributed by atoms with Crippen molar-refractivity contribution in [3.05, 3.63) is 88.9 Å². The monoisotopic (exact) mass is 377 g/mol. The summed E-state index contributed by atoms with van der Waals surface area (Å²) in [6, 6.07) is 22.3. The van der Waals surface area contributed by atoms with Gasteiger partial charge in [0.05, 0.1) is 22.7 Å². The Morgan fingerprint density at radius 1 is 0.778 bits per heavy atom. The first kappa shape index (κ1) is 17.3. The molecule has 1 heterocycles. The van der Waals surface area contributed by atoms with Crippen LogP contribution in [0.1, 0.15) is 20.7 Å². The van der Waals surface area contributed by atoms with Crippen LogP contribution in [0.4, 0.5) is 0 Å². The largest absolute Gasteiger partial charge is 0.490 e. The van der Waals surface area contributed by atoms with Gasteiger partial charge >= 0.3 is 0 Å². The fraction of sp³-hybridized carbons (Fsp3) is 0.0909. The van der Waals surface area contributed by atoms with Gasteiger partial charge in [0.2, 0.25) is 0 Å². The number of benzene rings is 3. The predicted molar refractivity (Wildman–Crippen MR) is 104 cm³/mol. The molecule has 3 aromatic carbocycles. The van der Waals surface area contributed by atoms with Crippen molar-refractivity contribution >= 4 is 23.4 Å². The summed E-state index contributed by atoms with van der Waals surface area (Å²) in [5.41, 5.74) is 2.94. The zero-order valence-electron chi connectivity index (χ0n) is 14.4. The van der Waals surface area contributed by atoms with Crippen molar-refractivity contribution in [2.75, 3.05) is 13.2 Å². The first-order valence-electron chi connectivity index (χ1n) is 8.58. The third kappa shape index (κ3) is 3.32. The number of hydrogen-bond acceptors (Lipinski definition) is 3. The fourth-order valence-corrected chi connectivity index (χ4v) is 3.35. The van der Waals surface area contributed by atoms with Crippen molar-refractivity contribution in [3.63, 3.8) is 0 Å². The lowest BCUT2D eigenvalue weighted by atomic mass is 10.1. The first-order valence-corrected chi connectivity index (χ1v) is 8.96. The standard InChI is InChI=1S/C22H16ClNO3/c23-19-14-16(15-6-2-1-3-7-15)10-11-20(19)27-13-12-24-21(25)17-8-4-5-9-18(17)22(24)26/h1-11,14H,12-13H2. The molecule has 0 saturated carbocycles. The molecule has 1 aliphatic heterocycles. The topological polar surface area (TPSA) is 46.6 Å².